The number of hydrogen-bond donors (Lipinski definition) is 0. The average molecular weight is 404 g/mol. The number of amides is 2. The monoisotopic (exact) mass is 404 g/mol. The van der Waals surface area contributed by atoms with E-state index in [9.17, 15) is 24.1 Å². The van der Waals surface area contributed by atoms with Crippen LogP contribution in [-0.2, 0) is 9.59 Å². The van der Waals surface area contributed by atoms with E-state index < -0.39 is 40.1 Å². The number of nitro benzene ring substituents is 1. The SMILES string of the molecule is CC(=C1[C@H]2C=C[C@H]1[C@H]1C(=O)N(c3ccc(F)cc3[N+](=O)[O-])C(=O)[C@@H]12)c1ccccc1. The Morgan fingerprint density at radius 2 is 1.60 bits per heavy atom. The van der Waals surface area contributed by atoms with Gasteiger partial charge in [-0.15, -0.1) is 0 Å². The molecule has 2 amide bonds. The van der Waals surface area contributed by atoms with E-state index in [4.69, 9.17) is 0 Å². The molecule has 1 aliphatic heterocycles. The normalized spacial score (nSPS) is 26.5. The van der Waals surface area contributed by atoms with Gasteiger partial charge in [-0.1, -0.05) is 48.1 Å². The van der Waals surface area contributed by atoms with E-state index >= 15 is 0 Å². The first-order valence-corrected chi connectivity index (χ1v) is 9.66. The predicted molar refractivity (Wildman–Crippen MR) is 108 cm³/mol. The van der Waals surface area contributed by atoms with Gasteiger partial charge in [0.25, 0.3) is 5.69 Å². The molecule has 0 unspecified atom stereocenters. The summed E-state index contributed by atoms with van der Waals surface area (Å²) in [6.07, 6.45) is 3.92. The molecule has 0 N–H and O–H groups in total. The summed E-state index contributed by atoms with van der Waals surface area (Å²) in [5, 5.41) is 11.4. The molecule has 2 aromatic rings. The third-order valence-electron chi connectivity index (χ3n) is 6.43. The number of anilines is 1. The number of imide groups is 1. The topological polar surface area (TPSA) is 80.5 Å². The fourth-order valence-corrected chi connectivity index (χ4v) is 5.19. The Morgan fingerprint density at radius 3 is 2.17 bits per heavy atom. The summed E-state index contributed by atoms with van der Waals surface area (Å²) >= 11 is 0. The second-order valence-electron chi connectivity index (χ2n) is 7.84. The van der Waals surface area contributed by atoms with Crippen molar-refractivity contribution in [1.82, 2.24) is 0 Å². The molecule has 5 rings (SSSR count). The third kappa shape index (κ3) is 2.41. The molecule has 1 heterocycles. The summed E-state index contributed by atoms with van der Waals surface area (Å²) in [6.45, 7) is 2.00. The summed E-state index contributed by atoms with van der Waals surface area (Å²) in [5.41, 5.74) is 2.39. The van der Waals surface area contributed by atoms with Crippen molar-refractivity contribution in [2.45, 2.75) is 6.92 Å². The molecule has 7 heteroatoms. The zero-order valence-corrected chi connectivity index (χ0v) is 16.0. The van der Waals surface area contributed by atoms with Crippen LogP contribution in [-0.4, -0.2) is 16.7 Å². The smallest absolute Gasteiger partial charge is 0.274 e. The Hall–Kier alpha value is -3.61. The standard InChI is InChI=1S/C23H17FN2O4/c1-12(13-5-3-2-4-6-13)19-15-8-9-16(19)21-20(15)22(27)25(23(21)28)17-10-7-14(24)11-18(17)26(29)30/h2-11,15-16,20-21H,1H3/t15-,16-,20-,21-/m1/s1. The highest BCUT2D eigenvalue weighted by molar-refractivity contribution is 6.24. The van der Waals surface area contributed by atoms with Gasteiger partial charge in [-0.25, -0.2) is 9.29 Å². The van der Waals surface area contributed by atoms with Crippen molar-refractivity contribution in [3.05, 3.63) is 87.8 Å². The lowest BCUT2D eigenvalue weighted by atomic mass is 9.85. The maximum absolute atomic E-state index is 13.5. The minimum Gasteiger partial charge on any atom is -0.274 e. The second kappa shape index (κ2) is 6.45. The predicted octanol–water partition coefficient (Wildman–Crippen LogP) is 4.13. The maximum Gasteiger partial charge on any atom is 0.296 e. The molecular weight excluding hydrogens is 387 g/mol. The van der Waals surface area contributed by atoms with Crippen molar-refractivity contribution in [2.75, 3.05) is 4.90 Å². The molecule has 1 saturated heterocycles. The minimum atomic E-state index is -0.796. The molecule has 0 aromatic heterocycles. The summed E-state index contributed by atoms with van der Waals surface area (Å²) in [7, 11) is 0. The summed E-state index contributed by atoms with van der Waals surface area (Å²) in [6, 6.07) is 12.7. The molecule has 6 nitrogen and oxygen atoms in total. The molecule has 2 aliphatic carbocycles. The van der Waals surface area contributed by atoms with Crippen molar-refractivity contribution < 1.29 is 18.9 Å². The lowest BCUT2D eigenvalue weighted by Crippen LogP contribution is -2.33. The Bertz CT molecular complexity index is 1140. The highest BCUT2D eigenvalue weighted by Crippen LogP contribution is 2.58. The Kier molecular flexibility index (Phi) is 3.96. The maximum atomic E-state index is 13.5. The number of allylic oxidation sites excluding steroid dienone is 4. The second-order valence-corrected chi connectivity index (χ2v) is 7.84. The van der Waals surface area contributed by atoms with Gasteiger partial charge in [-0.2, -0.15) is 0 Å². The molecule has 2 bridgehead atoms. The zero-order valence-electron chi connectivity index (χ0n) is 16.0. The van der Waals surface area contributed by atoms with Crippen LogP contribution >= 0.6 is 0 Å². The first-order valence-electron chi connectivity index (χ1n) is 9.66. The van der Waals surface area contributed by atoms with Crippen molar-refractivity contribution >= 4 is 28.8 Å². The summed E-state index contributed by atoms with van der Waals surface area (Å²) < 4.78 is 13.5. The molecule has 150 valence electrons. The van der Waals surface area contributed by atoms with E-state index in [1.54, 1.807) is 0 Å². The average Bonchev–Trinajstić information content (AvgIpc) is 3.38. The van der Waals surface area contributed by atoms with Crippen LogP contribution in [0.25, 0.3) is 5.57 Å². The van der Waals surface area contributed by atoms with E-state index in [0.717, 1.165) is 39.8 Å². The van der Waals surface area contributed by atoms with Gasteiger partial charge in [0, 0.05) is 11.8 Å². The van der Waals surface area contributed by atoms with E-state index in [1.807, 2.05) is 49.4 Å². The lowest BCUT2D eigenvalue weighted by molar-refractivity contribution is -0.384. The van der Waals surface area contributed by atoms with E-state index in [2.05, 4.69) is 0 Å². The van der Waals surface area contributed by atoms with Gasteiger partial charge in [0.15, 0.2) is 0 Å². The quantitative estimate of drug-likeness (QED) is 0.333. The third-order valence-corrected chi connectivity index (χ3v) is 6.43. The lowest BCUT2D eigenvalue weighted by Gasteiger charge is -2.20. The summed E-state index contributed by atoms with van der Waals surface area (Å²) in [5.74, 6) is -3.35. The molecule has 1 saturated carbocycles. The number of carbonyl (C=O) groups excluding carboxylic acids is 2. The first kappa shape index (κ1) is 18.4. The number of rotatable bonds is 3. The van der Waals surface area contributed by atoms with Gasteiger partial charge in [0.05, 0.1) is 22.8 Å². The van der Waals surface area contributed by atoms with Crippen LogP contribution in [0.1, 0.15) is 12.5 Å². The van der Waals surface area contributed by atoms with E-state index in [-0.39, 0.29) is 17.5 Å². The van der Waals surface area contributed by atoms with E-state index in [0.29, 0.717) is 0 Å². The molecule has 2 fully saturated rings. The number of carbonyl (C=O) groups is 2. The molecule has 4 atom stereocenters. The molecule has 2 aromatic carbocycles. The van der Waals surface area contributed by atoms with Crippen LogP contribution < -0.4 is 4.90 Å². The molecule has 0 radical (unpaired) electrons. The van der Waals surface area contributed by atoms with Crippen molar-refractivity contribution in [1.29, 1.82) is 0 Å². The van der Waals surface area contributed by atoms with E-state index in [1.165, 1.54) is 0 Å². The summed E-state index contributed by atoms with van der Waals surface area (Å²) in [4.78, 5) is 38.1. The van der Waals surface area contributed by atoms with Crippen LogP contribution in [0.5, 0.6) is 0 Å². The van der Waals surface area contributed by atoms with Crippen LogP contribution in [0, 0.1) is 39.6 Å². The van der Waals surface area contributed by atoms with Crippen molar-refractivity contribution in [2.24, 2.45) is 23.7 Å². The fraction of sp³-hybridized carbons (Fsp3) is 0.217. The van der Waals surface area contributed by atoms with Crippen LogP contribution in [0.4, 0.5) is 15.8 Å². The number of fused-ring (bicyclic) bond motifs is 5. The number of halogens is 1. The molecular formula is C23H17FN2O4. The fourth-order valence-electron chi connectivity index (χ4n) is 5.19. The number of hydrogen-bond acceptors (Lipinski definition) is 4. The van der Waals surface area contributed by atoms with Crippen LogP contribution in [0.15, 0.2) is 66.3 Å². The molecule has 3 aliphatic rings. The highest BCUT2D eigenvalue weighted by atomic mass is 19.1. The highest BCUT2D eigenvalue weighted by Gasteiger charge is 2.62. The van der Waals surface area contributed by atoms with Gasteiger partial charge in [0.2, 0.25) is 11.8 Å². The van der Waals surface area contributed by atoms with Gasteiger partial charge in [0.1, 0.15) is 11.5 Å². The van der Waals surface area contributed by atoms with Gasteiger partial charge in [-0.05, 0) is 30.2 Å². The molecule has 30 heavy (non-hydrogen) atoms. The van der Waals surface area contributed by atoms with Gasteiger partial charge >= 0.3 is 0 Å². The van der Waals surface area contributed by atoms with Gasteiger partial charge in [-0.3, -0.25) is 19.7 Å². The van der Waals surface area contributed by atoms with Gasteiger partial charge < -0.3 is 0 Å². The number of nitro groups is 1. The zero-order chi connectivity index (χ0) is 21.2. The number of benzene rings is 2. The van der Waals surface area contributed by atoms with Crippen molar-refractivity contribution in [3.8, 4) is 0 Å². The minimum absolute atomic E-state index is 0.171. The molecule has 0 spiro atoms. The van der Waals surface area contributed by atoms with Crippen LogP contribution in [0.2, 0.25) is 0 Å². The Morgan fingerprint density at radius 1 is 1.00 bits per heavy atom. The first-order chi connectivity index (χ1) is 14.4. The van der Waals surface area contributed by atoms with Crippen molar-refractivity contribution in [3.63, 3.8) is 0 Å². The Balaban J connectivity index is 1.57. The largest absolute Gasteiger partial charge is 0.296 e. The Labute approximate surface area is 171 Å². The number of nitrogens with zero attached hydrogens (tertiary/aromatic N) is 2. The van der Waals surface area contributed by atoms with Crippen LogP contribution in [0.3, 0.4) is 0 Å².